The van der Waals surface area contributed by atoms with E-state index in [0.29, 0.717) is 20.3 Å². The van der Waals surface area contributed by atoms with Crippen molar-refractivity contribution in [3.05, 3.63) is 69.4 Å². The first-order valence-electron chi connectivity index (χ1n) is 7.82. The fraction of sp³-hybridized carbons (Fsp3) is 0.158. The Labute approximate surface area is 148 Å². The summed E-state index contributed by atoms with van der Waals surface area (Å²) in [5.74, 6) is -0.382. The first kappa shape index (κ1) is 17.2. The zero-order chi connectivity index (χ0) is 18.8. The molecule has 0 aliphatic rings. The molecular weight excluding hydrogens is 334 g/mol. The fourth-order valence-electron chi connectivity index (χ4n) is 2.77. The number of hydrogen-bond acceptors (Lipinski definition) is 5. The highest BCUT2D eigenvalue weighted by atomic mass is 16.5. The van der Waals surface area contributed by atoms with Crippen LogP contribution in [0.1, 0.15) is 16.8 Å². The number of ether oxygens (including phenoxy) is 1. The molecule has 0 fully saturated rings. The van der Waals surface area contributed by atoms with E-state index in [-0.39, 0.29) is 34.8 Å². The summed E-state index contributed by atoms with van der Waals surface area (Å²) in [6.07, 6.45) is 0.0951. The van der Waals surface area contributed by atoms with Gasteiger partial charge in [-0.3, -0.25) is 4.79 Å². The number of nitrogens with zero attached hydrogens (tertiary/aromatic N) is 3. The van der Waals surface area contributed by atoms with Gasteiger partial charge in [-0.2, -0.15) is 5.26 Å². The smallest absolute Gasteiger partial charge is 0.309 e. The van der Waals surface area contributed by atoms with Gasteiger partial charge in [0.15, 0.2) is 5.69 Å². The molecule has 0 saturated heterocycles. The van der Waals surface area contributed by atoms with Crippen LogP contribution in [-0.2, 0) is 16.0 Å². The second kappa shape index (κ2) is 6.69. The molecule has 0 aliphatic heterocycles. The number of carbonyl (C=O) groups is 1. The predicted octanol–water partition coefficient (Wildman–Crippen LogP) is 2.46. The van der Waals surface area contributed by atoms with E-state index in [1.165, 1.54) is 7.11 Å². The molecule has 3 rings (SSSR count). The Hall–Kier alpha value is -3.66. The Morgan fingerprint density at radius 1 is 1.27 bits per heavy atom. The van der Waals surface area contributed by atoms with Crippen molar-refractivity contribution in [3.8, 4) is 17.3 Å². The van der Waals surface area contributed by atoms with Gasteiger partial charge in [-0.25, -0.2) is 0 Å². The molecule has 0 aliphatic carbocycles. The molecule has 1 heterocycles. The van der Waals surface area contributed by atoms with Gasteiger partial charge in [0, 0.05) is 11.0 Å². The lowest BCUT2D eigenvalue weighted by atomic mass is 10.0. The molecule has 130 valence electrons. The van der Waals surface area contributed by atoms with E-state index in [1.807, 2.05) is 6.07 Å². The van der Waals surface area contributed by atoms with Crippen molar-refractivity contribution < 1.29 is 14.0 Å². The van der Waals surface area contributed by atoms with Crippen molar-refractivity contribution in [1.29, 1.82) is 5.26 Å². The molecule has 0 N–H and O–H groups in total. The number of benzene rings is 2. The maximum absolute atomic E-state index is 12.8. The molecule has 0 amide bonds. The molecule has 0 unspecified atom stereocenters. The van der Waals surface area contributed by atoms with Crippen molar-refractivity contribution in [1.82, 2.24) is 4.73 Å². The van der Waals surface area contributed by atoms with E-state index in [1.54, 1.807) is 49.4 Å². The highest BCUT2D eigenvalue weighted by Crippen LogP contribution is 2.24. The molecule has 0 spiro atoms. The fourth-order valence-corrected chi connectivity index (χ4v) is 2.77. The second-order valence-electron chi connectivity index (χ2n) is 5.84. The molecule has 0 radical (unpaired) electrons. The van der Waals surface area contributed by atoms with Gasteiger partial charge in [0.2, 0.25) is 0 Å². The number of fused-ring (bicyclic) bond motifs is 1. The summed E-state index contributed by atoms with van der Waals surface area (Å²) < 4.78 is 5.69. The van der Waals surface area contributed by atoms with Crippen molar-refractivity contribution in [2.75, 3.05) is 7.11 Å². The lowest BCUT2D eigenvalue weighted by Crippen LogP contribution is -2.24. The lowest BCUT2D eigenvalue weighted by molar-refractivity contribution is -0.452. The van der Waals surface area contributed by atoms with Crippen LogP contribution in [0.3, 0.4) is 0 Å². The van der Waals surface area contributed by atoms with Crippen LogP contribution >= 0.6 is 0 Å². The van der Waals surface area contributed by atoms with Crippen LogP contribution < -0.4 is 4.43 Å². The van der Waals surface area contributed by atoms with E-state index in [9.17, 15) is 20.2 Å². The van der Waals surface area contributed by atoms with Crippen LogP contribution in [0.4, 0.5) is 0 Å². The minimum Gasteiger partial charge on any atom is -0.804 e. The summed E-state index contributed by atoms with van der Waals surface area (Å²) >= 11 is 0. The standard InChI is InChI=1S/C19H15N3O4/c1-12-3-8-15-16(9-12)21(24)17(11-20)19(22(15)25)14-6-4-13(5-7-14)10-18(23)26-2/h3-9H,10H2,1-2H3. The second-order valence-corrected chi connectivity index (χ2v) is 5.84. The highest BCUT2D eigenvalue weighted by molar-refractivity contribution is 5.77. The van der Waals surface area contributed by atoms with Crippen molar-refractivity contribution in [2.45, 2.75) is 13.3 Å². The Balaban J connectivity index is 2.20. The average molecular weight is 349 g/mol. The van der Waals surface area contributed by atoms with Gasteiger partial charge in [-0.15, -0.1) is 0 Å². The van der Waals surface area contributed by atoms with Crippen molar-refractivity contribution in [3.63, 3.8) is 0 Å². The quantitative estimate of drug-likeness (QED) is 0.534. The van der Waals surface area contributed by atoms with E-state index < -0.39 is 0 Å². The molecule has 0 saturated carbocycles. The molecule has 2 aromatic carbocycles. The number of aryl methyl sites for hydroxylation is 1. The number of nitriles is 1. The van der Waals surface area contributed by atoms with E-state index in [4.69, 9.17) is 0 Å². The normalized spacial score (nSPS) is 10.5. The molecule has 0 atom stereocenters. The van der Waals surface area contributed by atoms with Crippen LogP contribution in [0.2, 0.25) is 0 Å². The third-order valence-electron chi connectivity index (χ3n) is 4.11. The molecule has 0 bridgehead atoms. The van der Waals surface area contributed by atoms with Crippen LogP contribution in [0.5, 0.6) is 0 Å². The highest BCUT2D eigenvalue weighted by Gasteiger charge is 2.24. The molecule has 1 aromatic heterocycles. The summed E-state index contributed by atoms with van der Waals surface area (Å²) in [6, 6.07) is 13.2. The van der Waals surface area contributed by atoms with Gasteiger partial charge < -0.3 is 14.7 Å². The lowest BCUT2D eigenvalue weighted by Gasteiger charge is -2.15. The van der Waals surface area contributed by atoms with E-state index in [2.05, 4.69) is 4.74 Å². The first-order chi connectivity index (χ1) is 12.5. The SMILES string of the molecule is COC(=O)Cc1ccc(-c2c(C#N)n([O-])c3cc(C)ccc3[n+]2=O)cc1. The van der Waals surface area contributed by atoms with Gasteiger partial charge in [-0.05, 0) is 36.2 Å². The zero-order valence-electron chi connectivity index (χ0n) is 14.2. The molecule has 3 aromatic rings. The predicted molar refractivity (Wildman–Crippen MR) is 94.7 cm³/mol. The minimum absolute atomic E-state index is 0.0246. The number of esters is 1. The Morgan fingerprint density at radius 2 is 1.96 bits per heavy atom. The number of carbonyl (C=O) groups excluding carboxylic acids is 1. The molecule has 7 nitrogen and oxygen atoms in total. The number of rotatable bonds is 3. The van der Waals surface area contributed by atoms with Crippen LogP contribution in [0, 0.1) is 28.4 Å². The summed E-state index contributed by atoms with van der Waals surface area (Å²) in [6.45, 7) is 1.80. The summed E-state index contributed by atoms with van der Waals surface area (Å²) in [7, 11) is 1.31. The van der Waals surface area contributed by atoms with Gasteiger partial charge >= 0.3 is 11.7 Å². The summed E-state index contributed by atoms with van der Waals surface area (Å²) in [5, 5.41) is 22.0. The van der Waals surface area contributed by atoms with Crippen molar-refractivity contribution in [2.24, 2.45) is 0 Å². The van der Waals surface area contributed by atoms with Crippen LogP contribution in [0.15, 0.2) is 42.5 Å². The zero-order valence-corrected chi connectivity index (χ0v) is 14.2. The van der Waals surface area contributed by atoms with Gasteiger partial charge in [0.1, 0.15) is 11.6 Å². The number of hydrogen-bond donors (Lipinski definition) is 0. The van der Waals surface area contributed by atoms with Gasteiger partial charge in [0.05, 0.1) is 23.5 Å². The number of aromatic nitrogens is 2. The minimum atomic E-state index is -0.382. The Bertz CT molecular complexity index is 1110. The summed E-state index contributed by atoms with van der Waals surface area (Å²) in [5.41, 5.74) is 1.94. The monoisotopic (exact) mass is 349 g/mol. The average Bonchev–Trinajstić information content (AvgIpc) is 2.65. The summed E-state index contributed by atoms with van der Waals surface area (Å²) in [4.78, 5) is 24.2. The molecule has 7 heteroatoms. The topological polar surface area (TPSA) is 101 Å². The van der Waals surface area contributed by atoms with Crippen molar-refractivity contribution >= 4 is 17.0 Å². The van der Waals surface area contributed by atoms with E-state index in [0.717, 1.165) is 5.56 Å². The first-order valence-corrected chi connectivity index (χ1v) is 7.82. The maximum Gasteiger partial charge on any atom is 0.309 e. The molecule has 26 heavy (non-hydrogen) atoms. The largest absolute Gasteiger partial charge is 0.804 e. The van der Waals surface area contributed by atoms with E-state index >= 15 is 0 Å². The third-order valence-corrected chi connectivity index (χ3v) is 4.11. The number of methoxy groups -OCH3 is 1. The van der Waals surface area contributed by atoms with Crippen LogP contribution in [0.25, 0.3) is 22.3 Å². The Morgan fingerprint density at radius 3 is 2.58 bits per heavy atom. The van der Waals surface area contributed by atoms with Crippen LogP contribution in [-0.4, -0.2) is 17.8 Å². The van der Waals surface area contributed by atoms with Gasteiger partial charge in [-0.1, -0.05) is 18.2 Å². The third kappa shape index (κ3) is 2.89. The molecular formula is C19H15N3O4. The Kier molecular flexibility index (Phi) is 4.42. The maximum atomic E-state index is 12.8. The van der Waals surface area contributed by atoms with Gasteiger partial charge in [0.25, 0.3) is 5.52 Å².